The van der Waals surface area contributed by atoms with Crippen LogP contribution in [0.2, 0.25) is 0 Å². The number of nitrogens with one attached hydrogen (secondary N) is 1. The molecular formula is C18H23N3. The molecule has 1 heterocycles. The van der Waals surface area contributed by atoms with Gasteiger partial charge in [-0.05, 0) is 48.6 Å². The maximum absolute atomic E-state index is 6.09. The Balaban J connectivity index is 1.84. The molecule has 3 nitrogen and oxygen atoms in total. The molecule has 3 rings (SSSR count). The van der Waals surface area contributed by atoms with Crippen LogP contribution >= 0.6 is 0 Å². The number of pyridine rings is 1. The van der Waals surface area contributed by atoms with Gasteiger partial charge in [0.25, 0.3) is 0 Å². The number of fused-ring (bicyclic) bond motifs is 1. The lowest BCUT2D eigenvalue weighted by Crippen LogP contribution is -2.36. The molecule has 1 aromatic carbocycles. The lowest BCUT2D eigenvalue weighted by Gasteiger charge is -2.26. The second-order valence-corrected chi connectivity index (χ2v) is 5.79. The monoisotopic (exact) mass is 281 g/mol. The average molecular weight is 281 g/mol. The van der Waals surface area contributed by atoms with Gasteiger partial charge in [-0.25, -0.2) is 0 Å². The lowest BCUT2D eigenvalue weighted by atomic mass is 9.88. The normalized spacial score (nSPS) is 18.4. The minimum atomic E-state index is 0.421. The highest BCUT2D eigenvalue weighted by molar-refractivity contribution is 5.45. The van der Waals surface area contributed by atoms with Gasteiger partial charge >= 0.3 is 0 Å². The predicted octanol–water partition coefficient (Wildman–Crippen LogP) is 2.91. The number of benzene rings is 1. The predicted molar refractivity (Wildman–Crippen MR) is 87.3 cm³/mol. The number of rotatable bonds is 5. The fraction of sp³-hybridized carbons (Fsp3) is 0.389. The van der Waals surface area contributed by atoms with Gasteiger partial charge in [0.2, 0.25) is 0 Å². The minimum absolute atomic E-state index is 0.421. The summed E-state index contributed by atoms with van der Waals surface area (Å²) in [7, 11) is 0. The van der Waals surface area contributed by atoms with Crippen molar-refractivity contribution in [1.29, 1.82) is 0 Å². The van der Waals surface area contributed by atoms with Crippen LogP contribution in [0.25, 0.3) is 0 Å². The maximum Gasteiger partial charge on any atom is 0.0378 e. The van der Waals surface area contributed by atoms with Crippen LogP contribution in [0.15, 0.2) is 42.7 Å². The van der Waals surface area contributed by atoms with Gasteiger partial charge in [-0.15, -0.1) is 0 Å². The summed E-state index contributed by atoms with van der Waals surface area (Å²) >= 11 is 0. The molecule has 0 aliphatic heterocycles. The molecule has 2 atom stereocenters. The van der Waals surface area contributed by atoms with Crippen molar-refractivity contribution in [3.63, 3.8) is 0 Å². The molecule has 1 aliphatic carbocycles. The van der Waals surface area contributed by atoms with Gasteiger partial charge < -0.3 is 11.1 Å². The lowest BCUT2D eigenvalue weighted by molar-refractivity contribution is 0.435. The van der Waals surface area contributed by atoms with E-state index < -0.39 is 0 Å². The zero-order chi connectivity index (χ0) is 14.7. The second kappa shape index (κ2) is 6.27. The number of nitrogens with zero attached hydrogens (tertiary/aromatic N) is 1. The standard InChI is InChI=1S/C18H23N3/c1-2-21-18(11-14-12-20-10-9-17(14)19)16-8-7-13-5-3-4-6-15(13)16/h3-6,9-10,12,16,18,21H,2,7-8,11H2,1H3,(H2,19,20). The first-order valence-electron chi connectivity index (χ1n) is 7.79. The third-order valence-corrected chi connectivity index (χ3v) is 4.51. The molecule has 0 amide bonds. The van der Waals surface area contributed by atoms with Crippen LogP contribution < -0.4 is 11.1 Å². The largest absolute Gasteiger partial charge is 0.398 e. The van der Waals surface area contributed by atoms with E-state index in [0.29, 0.717) is 12.0 Å². The van der Waals surface area contributed by atoms with Gasteiger partial charge in [0.15, 0.2) is 0 Å². The topological polar surface area (TPSA) is 50.9 Å². The van der Waals surface area contributed by atoms with Crippen molar-refractivity contribution in [2.45, 2.75) is 38.1 Å². The van der Waals surface area contributed by atoms with E-state index in [4.69, 9.17) is 5.73 Å². The Labute approximate surface area is 126 Å². The first-order chi connectivity index (χ1) is 10.3. The molecule has 0 bridgehead atoms. The maximum atomic E-state index is 6.09. The van der Waals surface area contributed by atoms with Crippen LogP contribution in [0.1, 0.15) is 36.0 Å². The highest BCUT2D eigenvalue weighted by Gasteiger charge is 2.29. The molecule has 2 aromatic rings. The summed E-state index contributed by atoms with van der Waals surface area (Å²) in [6.45, 7) is 3.14. The number of hydrogen-bond donors (Lipinski definition) is 2. The van der Waals surface area contributed by atoms with E-state index in [1.54, 1.807) is 6.20 Å². The number of nitrogens with two attached hydrogens (primary N) is 1. The highest BCUT2D eigenvalue weighted by atomic mass is 14.9. The second-order valence-electron chi connectivity index (χ2n) is 5.79. The van der Waals surface area contributed by atoms with Crippen molar-refractivity contribution in [1.82, 2.24) is 10.3 Å². The summed E-state index contributed by atoms with van der Waals surface area (Å²) in [5.41, 5.74) is 11.1. The fourth-order valence-electron chi connectivity index (χ4n) is 3.47. The van der Waals surface area contributed by atoms with Gasteiger partial charge in [-0.3, -0.25) is 4.98 Å². The van der Waals surface area contributed by atoms with E-state index in [1.807, 2.05) is 12.3 Å². The molecule has 1 aliphatic rings. The number of aromatic nitrogens is 1. The summed E-state index contributed by atoms with van der Waals surface area (Å²) in [5.74, 6) is 0.570. The molecule has 3 N–H and O–H groups in total. The van der Waals surface area contributed by atoms with Crippen molar-refractivity contribution >= 4 is 5.69 Å². The number of aryl methyl sites for hydroxylation is 1. The number of anilines is 1. The molecule has 110 valence electrons. The summed E-state index contributed by atoms with van der Waals surface area (Å²) in [4.78, 5) is 4.22. The number of hydrogen-bond acceptors (Lipinski definition) is 3. The molecule has 0 saturated heterocycles. The third kappa shape index (κ3) is 2.93. The van der Waals surface area contributed by atoms with Crippen LogP contribution in [0.3, 0.4) is 0 Å². The summed E-state index contributed by atoms with van der Waals surface area (Å²) in [6.07, 6.45) is 7.00. The molecule has 1 aromatic heterocycles. The van der Waals surface area contributed by atoms with Crippen molar-refractivity contribution < 1.29 is 0 Å². The zero-order valence-corrected chi connectivity index (χ0v) is 12.5. The van der Waals surface area contributed by atoms with E-state index in [9.17, 15) is 0 Å². The van der Waals surface area contributed by atoms with Crippen molar-refractivity contribution in [2.24, 2.45) is 0 Å². The van der Waals surface area contributed by atoms with Crippen molar-refractivity contribution in [3.8, 4) is 0 Å². The SMILES string of the molecule is CCNC(Cc1cnccc1N)C1CCc2ccccc21. The van der Waals surface area contributed by atoms with Gasteiger partial charge in [0, 0.05) is 30.0 Å². The molecule has 0 spiro atoms. The minimum Gasteiger partial charge on any atom is -0.398 e. The van der Waals surface area contributed by atoms with Crippen LogP contribution in [-0.4, -0.2) is 17.6 Å². The first-order valence-corrected chi connectivity index (χ1v) is 7.79. The van der Waals surface area contributed by atoms with E-state index in [1.165, 1.54) is 24.0 Å². The Bertz CT molecular complexity index is 609. The molecule has 2 unspecified atom stereocenters. The van der Waals surface area contributed by atoms with Gasteiger partial charge in [0.1, 0.15) is 0 Å². The summed E-state index contributed by atoms with van der Waals surface area (Å²) in [6, 6.07) is 11.1. The van der Waals surface area contributed by atoms with Crippen LogP contribution in [0, 0.1) is 0 Å². The van der Waals surface area contributed by atoms with E-state index in [0.717, 1.165) is 24.2 Å². The third-order valence-electron chi connectivity index (χ3n) is 4.51. The Hall–Kier alpha value is -1.87. The van der Waals surface area contributed by atoms with Gasteiger partial charge in [-0.2, -0.15) is 0 Å². The Morgan fingerprint density at radius 3 is 3.00 bits per heavy atom. The average Bonchev–Trinajstić information content (AvgIpc) is 2.93. The van der Waals surface area contributed by atoms with Crippen LogP contribution in [-0.2, 0) is 12.8 Å². The number of likely N-dealkylation sites (N-methyl/N-ethyl adjacent to an activating group) is 1. The smallest absolute Gasteiger partial charge is 0.0378 e. The highest BCUT2D eigenvalue weighted by Crippen LogP contribution is 2.36. The van der Waals surface area contributed by atoms with Crippen LogP contribution in [0.5, 0.6) is 0 Å². The molecule has 21 heavy (non-hydrogen) atoms. The molecule has 3 heteroatoms. The van der Waals surface area contributed by atoms with E-state index in [-0.39, 0.29) is 0 Å². The van der Waals surface area contributed by atoms with Crippen molar-refractivity contribution in [2.75, 3.05) is 12.3 Å². The molecular weight excluding hydrogens is 258 g/mol. The van der Waals surface area contributed by atoms with Crippen molar-refractivity contribution in [3.05, 3.63) is 59.4 Å². The Morgan fingerprint density at radius 2 is 2.19 bits per heavy atom. The van der Waals surface area contributed by atoms with Gasteiger partial charge in [0.05, 0.1) is 0 Å². The Kier molecular flexibility index (Phi) is 4.20. The van der Waals surface area contributed by atoms with Crippen LogP contribution in [0.4, 0.5) is 5.69 Å². The van der Waals surface area contributed by atoms with E-state index in [2.05, 4.69) is 41.5 Å². The fourth-order valence-corrected chi connectivity index (χ4v) is 3.47. The molecule has 0 saturated carbocycles. The number of nitrogen functional groups attached to an aromatic ring is 1. The first kappa shape index (κ1) is 14.1. The molecule has 0 fully saturated rings. The molecule has 0 radical (unpaired) electrons. The van der Waals surface area contributed by atoms with Gasteiger partial charge in [-0.1, -0.05) is 31.2 Å². The summed E-state index contributed by atoms with van der Waals surface area (Å²) < 4.78 is 0. The van der Waals surface area contributed by atoms with E-state index >= 15 is 0 Å². The quantitative estimate of drug-likeness (QED) is 0.886. The Morgan fingerprint density at radius 1 is 1.33 bits per heavy atom. The summed E-state index contributed by atoms with van der Waals surface area (Å²) in [5, 5.41) is 3.66. The zero-order valence-electron chi connectivity index (χ0n) is 12.5.